The normalized spacial score (nSPS) is 10.8. The lowest BCUT2D eigenvalue weighted by Gasteiger charge is -2.08. The first kappa shape index (κ1) is 13.1. The molecule has 5 nitrogen and oxygen atoms in total. The molecular weight excluding hydrogens is 248 g/mol. The van der Waals surface area contributed by atoms with Crippen LogP contribution in [0.5, 0.6) is 5.75 Å². The van der Waals surface area contributed by atoms with Crippen LogP contribution in [0.4, 0.5) is 0 Å². The van der Waals surface area contributed by atoms with Gasteiger partial charge in [0.15, 0.2) is 0 Å². The maximum Gasteiger partial charge on any atom is 0.375 e. The molecule has 0 aliphatic rings. The van der Waals surface area contributed by atoms with Crippen molar-refractivity contribution in [1.29, 1.82) is 0 Å². The molecule has 1 rings (SSSR count). The number of carboxylic acid groups (broad SMARTS) is 1. The van der Waals surface area contributed by atoms with Crippen molar-refractivity contribution < 1.29 is 24.2 Å². The highest BCUT2D eigenvalue weighted by molar-refractivity contribution is 6.30. The van der Waals surface area contributed by atoms with Crippen LogP contribution in [0, 0.1) is 6.92 Å². The Balaban J connectivity index is 2.93. The van der Waals surface area contributed by atoms with Crippen LogP contribution in [0.1, 0.15) is 5.56 Å². The molecule has 1 N–H and O–H groups in total. The fourth-order valence-corrected chi connectivity index (χ4v) is 1.28. The minimum absolute atomic E-state index is 0.0982. The van der Waals surface area contributed by atoms with E-state index >= 15 is 0 Å². The molecule has 1 aromatic rings. The fraction of sp³-hybridized carbons (Fsp3) is 0.0909. The topological polar surface area (TPSA) is 72.8 Å². The van der Waals surface area contributed by atoms with Gasteiger partial charge in [-0.3, -0.25) is 4.79 Å². The number of ether oxygens (including phenoxy) is 2. The molecule has 0 aliphatic carbocycles. The summed E-state index contributed by atoms with van der Waals surface area (Å²) < 4.78 is 9.30. The second-order valence-corrected chi connectivity index (χ2v) is 3.47. The van der Waals surface area contributed by atoms with Crippen molar-refractivity contribution in [2.24, 2.45) is 0 Å². The molecule has 0 radical (unpaired) electrons. The van der Waals surface area contributed by atoms with Gasteiger partial charge in [-0.15, -0.1) is 0 Å². The van der Waals surface area contributed by atoms with E-state index in [2.05, 4.69) is 4.74 Å². The zero-order chi connectivity index (χ0) is 12.8. The molecule has 0 spiro atoms. The summed E-state index contributed by atoms with van der Waals surface area (Å²) in [6.45, 7) is 1.81. The van der Waals surface area contributed by atoms with Crippen LogP contribution in [0.25, 0.3) is 0 Å². The van der Waals surface area contributed by atoms with Gasteiger partial charge in [-0.05, 0) is 30.7 Å². The molecular formula is C11H9ClO5. The first-order chi connectivity index (χ1) is 8.04. The van der Waals surface area contributed by atoms with E-state index in [9.17, 15) is 9.59 Å². The van der Waals surface area contributed by atoms with Crippen molar-refractivity contribution in [2.75, 3.05) is 0 Å². The van der Waals surface area contributed by atoms with Crippen LogP contribution in [0.15, 0.2) is 30.2 Å². The number of carbonyl (C=O) groups excluding carboxylic acids is 1. The molecule has 0 fully saturated rings. The van der Waals surface area contributed by atoms with Crippen LogP contribution < -0.4 is 4.74 Å². The average Bonchev–Trinajstić information content (AvgIpc) is 2.26. The van der Waals surface area contributed by atoms with Gasteiger partial charge in [0.05, 0.1) is 0 Å². The zero-order valence-electron chi connectivity index (χ0n) is 8.84. The van der Waals surface area contributed by atoms with Gasteiger partial charge in [-0.2, -0.15) is 0 Å². The second-order valence-electron chi connectivity index (χ2n) is 3.03. The highest BCUT2D eigenvalue weighted by Gasteiger charge is 2.12. The molecule has 6 heteroatoms. The zero-order valence-corrected chi connectivity index (χ0v) is 9.60. The first-order valence-corrected chi connectivity index (χ1v) is 4.89. The number of hydrogen-bond donors (Lipinski definition) is 1. The van der Waals surface area contributed by atoms with E-state index in [1.165, 1.54) is 6.07 Å². The maximum absolute atomic E-state index is 10.8. The number of hydrogen-bond acceptors (Lipinski definition) is 4. The summed E-state index contributed by atoms with van der Waals surface area (Å²) in [6.07, 6.45) is 0.712. The summed E-state index contributed by atoms with van der Waals surface area (Å²) in [5.41, 5.74) is 0.663. The fourth-order valence-electron chi connectivity index (χ4n) is 1.05. The van der Waals surface area contributed by atoms with Crippen LogP contribution >= 0.6 is 11.6 Å². The Morgan fingerprint density at radius 1 is 1.47 bits per heavy atom. The van der Waals surface area contributed by atoms with Crippen molar-refractivity contribution in [2.45, 2.75) is 6.92 Å². The molecule has 0 aliphatic heterocycles. The Kier molecular flexibility index (Phi) is 4.54. The Hall–Kier alpha value is -2.01. The highest BCUT2D eigenvalue weighted by atomic mass is 35.5. The minimum Gasteiger partial charge on any atom is -0.475 e. The van der Waals surface area contributed by atoms with E-state index in [1.54, 1.807) is 19.1 Å². The van der Waals surface area contributed by atoms with E-state index in [-0.39, 0.29) is 6.47 Å². The van der Waals surface area contributed by atoms with Crippen LogP contribution in [-0.2, 0) is 14.3 Å². The molecule has 90 valence electrons. The van der Waals surface area contributed by atoms with Gasteiger partial charge in [0.1, 0.15) is 12.0 Å². The predicted octanol–water partition coefficient (Wildman–Crippen LogP) is 2.13. The number of halogens is 1. The molecule has 0 saturated carbocycles. The van der Waals surface area contributed by atoms with Gasteiger partial charge in [0, 0.05) is 5.02 Å². The second kappa shape index (κ2) is 5.91. The van der Waals surface area contributed by atoms with Gasteiger partial charge in [0.2, 0.25) is 5.76 Å². The summed E-state index contributed by atoms with van der Waals surface area (Å²) in [6, 6.07) is 4.70. The Labute approximate surface area is 102 Å². The van der Waals surface area contributed by atoms with Gasteiger partial charge >= 0.3 is 5.97 Å². The molecule has 0 heterocycles. The van der Waals surface area contributed by atoms with Crippen LogP contribution in [-0.4, -0.2) is 17.5 Å². The largest absolute Gasteiger partial charge is 0.475 e. The quantitative estimate of drug-likeness (QED) is 0.496. The maximum atomic E-state index is 10.8. The third-order valence-corrected chi connectivity index (χ3v) is 2.03. The van der Waals surface area contributed by atoms with Crippen molar-refractivity contribution >= 4 is 24.0 Å². The number of rotatable bonds is 5. The third kappa shape index (κ3) is 3.81. The van der Waals surface area contributed by atoms with Gasteiger partial charge in [-0.25, -0.2) is 4.79 Å². The third-order valence-electron chi connectivity index (χ3n) is 1.80. The molecule has 0 unspecified atom stereocenters. The molecule has 0 amide bonds. The van der Waals surface area contributed by atoms with Crippen molar-refractivity contribution in [3.63, 3.8) is 0 Å². The Morgan fingerprint density at radius 2 is 2.18 bits per heavy atom. The van der Waals surface area contributed by atoms with Crippen molar-refractivity contribution in [3.8, 4) is 5.75 Å². The van der Waals surface area contributed by atoms with Crippen molar-refractivity contribution in [3.05, 3.63) is 40.8 Å². The first-order valence-electron chi connectivity index (χ1n) is 4.51. The molecule has 0 saturated heterocycles. The Bertz CT molecular complexity index is 467. The lowest BCUT2D eigenvalue weighted by molar-refractivity contribution is -0.135. The minimum atomic E-state index is -1.35. The summed E-state index contributed by atoms with van der Waals surface area (Å²) in [5, 5.41) is 9.31. The molecule has 0 atom stereocenters. The van der Waals surface area contributed by atoms with Crippen LogP contribution in [0.3, 0.4) is 0 Å². The van der Waals surface area contributed by atoms with Gasteiger partial charge in [-0.1, -0.05) is 11.6 Å². The smallest absolute Gasteiger partial charge is 0.375 e. The average molecular weight is 257 g/mol. The number of carboxylic acids is 1. The molecule has 17 heavy (non-hydrogen) atoms. The number of benzene rings is 1. The van der Waals surface area contributed by atoms with E-state index in [0.29, 0.717) is 22.6 Å². The number of carbonyl (C=O) groups is 2. The molecule has 0 bridgehead atoms. The highest BCUT2D eigenvalue weighted by Crippen LogP contribution is 2.23. The van der Waals surface area contributed by atoms with Crippen molar-refractivity contribution in [1.82, 2.24) is 0 Å². The summed E-state index contributed by atoms with van der Waals surface area (Å²) in [5.74, 6) is -1.53. The predicted molar refractivity (Wildman–Crippen MR) is 59.7 cm³/mol. The van der Waals surface area contributed by atoms with E-state index in [1.807, 2.05) is 0 Å². The molecule has 1 aromatic carbocycles. The lowest BCUT2D eigenvalue weighted by atomic mass is 10.2. The Morgan fingerprint density at radius 3 is 2.71 bits per heavy atom. The summed E-state index contributed by atoms with van der Waals surface area (Å²) in [7, 11) is 0. The van der Waals surface area contributed by atoms with Crippen LogP contribution in [0.2, 0.25) is 5.02 Å². The van der Waals surface area contributed by atoms with E-state index in [0.717, 1.165) is 0 Å². The summed E-state index contributed by atoms with van der Waals surface area (Å²) in [4.78, 5) is 20.7. The number of aryl methyl sites for hydroxylation is 1. The number of aliphatic carboxylic acids is 1. The monoisotopic (exact) mass is 256 g/mol. The summed E-state index contributed by atoms with van der Waals surface area (Å²) >= 11 is 5.74. The van der Waals surface area contributed by atoms with Gasteiger partial charge < -0.3 is 14.6 Å². The lowest BCUT2D eigenvalue weighted by Crippen LogP contribution is -2.09. The standard InChI is InChI=1S/C11H9ClO5/c1-7-4-8(12)2-3-9(7)17-10(11(14)15)5-16-6-13/h2-6H,1H3,(H,14,15)/b10-5-. The molecule has 0 aromatic heterocycles. The SMILES string of the molecule is Cc1cc(Cl)ccc1O/C(=C\OC=O)C(=O)O. The van der Waals surface area contributed by atoms with Gasteiger partial charge in [0.25, 0.3) is 6.47 Å². The van der Waals surface area contributed by atoms with E-state index < -0.39 is 11.7 Å². The van der Waals surface area contributed by atoms with E-state index in [4.69, 9.17) is 21.4 Å².